The van der Waals surface area contributed by atoms with Crippen LogP contribution in [-0.2, 0) is 0 Å². The molecule has 0 aliphatic rings. The van der Waals surface area contributed by atoms with Gasteiger partial charge in [-0.3, -0.25) is 0 Å². The summed E-state index contributed by atoms with van der Waals surface area (Å²) in [5.74, 6) is 0. The Bertz CT molecular complexity index is 800. The average Bonchev–Trinajstić information content (AvgIpc) is 2.67. The molecule has 0 radical (unpaired) electrons. The fourth-order valence-corrected chi connectivity index (χ4v) is 2.46. The lowest BCUT2D eigenvalue weighted by Crippen LogP contribution is -1.95. The molecule has 1 atom stereocenters. The van der Waals surface area contributed by atoms with Crippen molar-refractivity contribution in [3.8, 4) is 11.1 Å². The van der Waals surface area contributed by atoms with Gasteiger partial charge in [-0.05, 0) is 22.3 Å². The van der Waals surface area contributed by atoms with Crippen molar-refractivity contribution in [2.24, 2.45) is 0 Å². The molecule has 0 aliphatic carbocycles. The smallest absolute Gasteiger partial charge is 0.0909 e. The van der Waals surface area contributed by atoms with E-state index >= 15 is 0 Å². The number of hydrogen-bond acceptors (Lipinski definition) is 1. The van der Waals surface area contributed by atoms with E-state index in [-0.39, 0.29) is 0 Å². The van der Waals surface area contributed by atoms with Gasteiger partial charge in [-0.15, -0.1) is 0 Å². The Balaban J connectivity index is 1.63. The first-order valence-electron chi connectivity index (χ1n) is 8.06. The van der Waals surface area contributed by atoms with Crippen molar-refractivity contribution >= 4 is 12.2 Å². The molecular weight excluding hydrogens is 292 g/mol. The largest absolute Gasteiger partial charge is 0.385 e. The van der Waals surface area contributed by atoms with Gasteiger partial charge in [0.1, 0.15) is 0 Å². The van der Waals surface area contributed by atoms with Gasteiger partial charge in [0.05, 0.1) is 6.10 Å². The third kappa shape index (κ3) is 4.55. The van der Waals surface area contributed by atoms with Gasteiger partial charge >= 0.3 is 0 Å². The molecule has 0 bridgehead atoms. The summed E-state index contributed by atoms with van der Waals surface area (Å²) in [4.78, 5) is 0. The summed E-state index contributed by atoms with van der Waals surface area (Å²) in [5.41, 5.74) is 4.55. The first-order valence-corrected chi connectivity index (χ1v) is 8.06. The van der Waals surface area contributed by atoms with Crippen LogP contribution in [0, 0.1) is 0 Å². The molecule has 3 aromatic rings. The zero-order chi connectivity index (χ0) is 16.6. The monoisotopic (exact) mass is 312 g/mol. The van der Waals surface area contributed by atoms with Crippen molar-refractivity contribution in [3.05, 3.63) is 108 Å². The van der Waals surface area contributed by atoms with Crippen molar-refractivity contribution < 1.29 is 5.11 Å². The zero-order valence-corrected chi connectivity index (χ0v) is 13.4. The molecule has 1 heteroatoms. The van der Waals surface area contributed by atoms with Crippen LogP contribution in [0.2, 0.25) is 0 Å². The maximum absolute atomic E-state index is 10.0. The molecule has 1 N–H and O–H groups in total. The molecule has 24 heavy (non-hydrogen) atoms. The van der Waals surface area contributed by atoms with Gasteiger partial charge in [-0.1, -0.05) is 109 Å². The highest BCUT2D eigenvalue weighted by Gasteiger charge is 1.97. The summed E-state index contributed by atoms with van der Waals surface area (Å²) in [6.07, 6.45) is 6.84. The maximum atomic E-state index is 10.0. The van der Waals surface area contributed by atoms with Gasteiger partial charge in [-0.25, -0.2) is 0 Å². The Labute approximate surface area is 143 Å². The molecule has 1 unspecified atom stereocenters. The first kappa shape index (κ1) is 16.0. The molecule has 0 fully saturated rings. The van der Waals surface area contributed by atoms with Crippen molar-refractivity contribution in [1.29, 1.82) is 0 Å². The minimum absolute atomic E-state index is 0.598. The third-order valence-corrected chi connectivity index (χ3v) is 3.79. The molecule has 1 nitrogen and oxygen atoms in total. The summed E-state index contributed by atoms with van der Waals surface area (Å²) in [7, 11) is 0. The highest BCUT2D eigenvalue weighted by atomic mass is 16.3. The second-order valence-corrected chi connectivity index (χ2v) is 5.61. The van der Waals surface area contributed by atoms with E-state index in [2.05, 4.69) is 36.4 Å². The van der Waals surface area contributed by atoms with Crippen molar-refractivity contribution in [1.82, 2.24) is 0 Å². The van der Waals surface area contributed by atoms with Crippen LogP contribution >= 0.6 is 0 Å². The Kier molecular flexibility index (Phi) is 5.39. The molecule has 118 valence electrons. The molecule has 0 spiro atoms. The molecule has 0 aromatic heterocycles. The van der Waals surface area contributed by atoms with Gasteiger partial charge in [0.25, 0.3) is 0 Å². The van der Waals surface area contributed by atoms with Gasteiger partial charge in [-0.2, -0.15) is 0 Å². The van der Waals surface area contributed by atoms with Gasteiger partial charge in [0.15, 0.2) is 0 Å². The molecule has 0 saturated carbocycles. The van der Waals surface area contributed by atoms with Crippen LogP contribution in [0.25, 0.3) is 23.3 Å². The predicted octanol–water partition coefficient (Wildman–Crippen LogP) is 5.44. The van der Waals surface area contributed by atoms with E-state index in [1.807, 2.05) is 60.7 Å². The molecule has 0 heterocycles. The maximum Gasteiger partial charge on any atom is 0.0909 e. The number of hydrogen-bond donors (Lipinski definition) is 1. The fraction of sp³-hybridized carbons (Fsp3) is 0.0435. The van der Waals surface area contributed by atoms with E-state index in [1.165, 1.54) is 11.1 Å². The van der Waals surface area contributed by atoms with Gasteiger partial charge < -0.3 is 5.11 Å². The van der Waals surface area contributed by atoms with Crippen molar-refractivity contribution in [2.45, 2.75) is 6.10 Å². The Hall–Kier alpha value is -2.90. The molecule has 3 aromatic carbocycles. The summed E-state index contributed by atoms with van der Waals surface area (Å²) < 4.78 is 0. The highest BCUT2D eigenvalue weighted by molar-refractivity contribution is 5.65. The minimum atomic E-state index is -0.598. The standard InChI is InChI=1S/C23H20O/c24-23(17-13-19-7-3-1-4-8-19)18-14-20-11-15-22(16-12-20)21-9-5-2-6-10-21/h1-18,23-24H/b17-13+,18-14+. The number of aliphatic hydroxyl groups excluding tert-OH is 1. The Morgan fingerprint density at radius 1 is 0.542 bits per heavy atom. The topological polar surface area (TPSA) is 20.2 Å². The van der Waals surface area contributed by atoms with Crippen LogP contribution in [0.1, 0.15) is 11.1 Å². The summed E-state index contributed by atoms with van der Waals surface area (Å²) in [6, 6.07) is 28.6. The van der Waals surface area contributed by atoms with Crippen LogP contribution in [0.15, 0.2) is 97.1 Å². The fourth-order valence-electron chi connectivity index (χ4n) is 2.46. The SMILES string of the molecule is OC(/C=C/c1ccccc1)/C=C/c1ccc(-c2ccccc2)cc1. The lowest BCUT2D eigenvalue weighted by molar-refractivity contribution is 0.273. The lowest BCUT2D eigenvalue weighted by Gasteiger charge is -2.02. The van der Waals surface area contributed by atoms with E-state index in [4.69, 9.17) is 0 Å². The third-order valence-electron chi connectivity index (χ3n) is 3.79. The molecule has 0 saturated heterocycles. The van der Waals surface area contributed by atoms with E-state index < -0.39 is 6.10 Å². The summed E-state index contributed by atoms with van der Waals surface area (Å²) in [5, 5.41) is 10.0. The van der Waals surface area contributed by atoms with Crippen LogP contribution in [-0.4, -0.2) is 11.2 Å². The quantitative estimate of drug-likeness (QED) is 0.665. The Morgan fingerprint density at radius 2 is 1.00 bits per heavy atom. The molecular formula is C23H20O. The number of rotatable bonds is 5. The van der Waals surface area contributed by atoms with E-state index in [0.29, 0.717) is 0 Å². The highest BCUT2D eigenvalue weighted by Crippen LogP contribution is 2.19. The van der Waals surface area contributed by atoms with E-state index in [9.17, 15) is 5.11 Å². The van der Waals surface area contributed by atoms with Gasteiger partial charge in [0.2, 0.25) is 0 Å². The predicted molar refractivity (Wildman–Crippen MR) is 102 cm³/mol. The van der Waals surface area contributed by atoms with E-state index in [1.54, 1.807) is 12.2 Å². The van der Waals surface area contributed by atoms with Crippen LogP contribution < -0.4 is 0 Å². The molecule has 3 rings (SSSR count). The molecule has 0 aliphatic heterocycles. The van der Waals surface area contributed by atoms with E-state index in [0.717, 1.165) is 11.1 Å². The average molecular weight is 312 g/mol. The van der Waals surface area contributed by atoms with Gasteiger partial charge in [0, 0.05) is 0 Å². The van der Waals surface area contributed by atoms with Crippen LogP contribution in [0.4, 0.5) is 0 Å². The van der Waals surface area contributed by atoms with Crippen molar-refractivity contribution in [3.63, 3.8) is 0 Å². The zero-order valence-electron chi connectivity index (χ0n) is 13.4. The lowest BCUT2D eigenvalue weighted by atomic mass is 10.0. The second kappa shape index (κ2) is 8.09. The summed E-state index contributed by atoms with van der Waals surface area (Å²) in [6.45, 7) is 0. The summed E-state index contributed by atoms with van der Waals surface area (Å²) >= 11 is 0. The van der Waals surface area contributed by atoms with Crippen LogP contribution in [0.3, 0.4) is 0 Å². The Morgan fingerprint density at radius 3 is 1.58 bits per heavy atom. The van der Waals surface area contributed by atoms with Crippen molar-refractivity contribution in [2.75, 3.05) is 0 Å². The number of aliphatic hydroxyl groups is 1. The molecule has 0 amide bonds. The minimum Gasteiger partial charge on any atom is -0.385 e. The number of benzene rings is 3. The normalized spacial score (nSPS) is 12.7. The van der Waals surface area contributed by atoms with Crippen LogP contribution in [0.5, 0.6) is 0 Å². The first-order chi connectivity index (χ1) is 11.8. The second-order valence-electron chi connectivity index (χ2n) is 5.61.